The highest BCUT2D eigenvalue weighted by Crippen LogP contribution is 1.94. The second-order valence-electron chi connectivity index (χ2n) is 3.30. The van der Waals surface area contributed by atoms with Gasteiger partial charge in [0.2, 0.25) is 0 Å². The fourth-order valence-corrected chi connectivity index (χ4v) is 1.15. The summed E-state index contributed by atoms with van der Waals surface area (Å²) in [5.74, 6) is 6.00. The summed E-state index contributed by atoms with van der Waals surface area (Å²) in [4.78, 5) is 2.26. The highest BCUT2D eigenvalue weighted by Gasteiger charge is 2.07. The molecule has 0 spiro atoms. The van der Waals surface area contributed by atoms with E-state index in [1.54, 1.807) is 6.92 Å². The molecule has 0 aromatic carbocycles. The minimum atomic E-state index is -0.308. The van der Waals surface area contributed by atoms with Crippen LogP contribution in [0.25, 0.3) is 0 Å². The first-order valence-electron chi connectivity index (χ1n) is 4.73. The maximum absolute atomic E-state index is 8.95. The second kappa shape index (κ2) is 5.98. The first-order valence-corrected chi connectivity index (χ1v) is 4.73. The van der Waals surface area contributed by atoms with Gasteiger partial charge in [-0.15, -0.1) is 0 Å². The van der Waals surface area contributed by atoms with Crippen molar-refractivity contribution in [2.75, 3.05) is 32.8 Å². The minimum Gasteiger partial charge on any atom is -0.392 e. The van der Waals surface area contributed by atoms with Crippen molar-refractivity contribution in [2.24, 2.45) is 0 Å². The average Bonchev–Trinajstić information content (AvgIpc) is 2.14. The summed E-state index contributed by atoms with van der Waals surface area (Å²) in [6, 6.07) is 0. The first-order chi connectivity index (χ1) is 6.29. The van der Waals surface area contributed by atoms with E-state index in [2.05, 4.69) is 16.7 Å². The molecule has 1 N–H and O–H groups in total. The molecule has 0 saturated carbocycles. The molecule has 0 aromatic rings. The molecule has 0 aromatic heterocycles. The summed E-state index contributed by atoms with van der Waals surface area (Å²) in [5, 5.41) is 8.95. The summed E-state index contributed by atoms with van der Waals surface area (Å²) in [7, 11) is 0. The van der Waals surface area contributed by atoms with Crippen molar-refractivity contribution in [2.45, 2.75) is 19.4 Å². The van der Waals surface area contributed by atoms with Crippen LogP contribution in [-0.2, 0) is 4.74 Å². The van der Waals surface area contributed by atoms with E-state index in [0.29, 0.717) is 6.42 Å². The van der Waals surface area contributed by atoms with Gasteiger partial charge in [0.15, 0.2) is 0 Å². The van der Waals surface area contributed by atoms with E-state index in [1.165, 1.54) is 0 Å². The van der Waals surface area contributed by atoms with E-state index in [0.717, 1.165) is 32.8 Å². The van der Waals surface area contributed by atoms with Crippen LogP contribution >= 0.6 is 0 Å². The SMILES string of the molecule is C[C@H](O)CC#CCN1CCOCC1. The number of nitrogens with zero attached hydrogens (tertiary/aromatic N) is 1. The molecular weight excluding hydrogens is 166 g/mol. The summed E-state index contributed by atoms with van der Waals surface area (Å²) >= 11 is 0. The number of ether oxygens (including phenoxy) is 1. The quantitative estimate of drug-likeness (QED) is 0.616. The maximum Gasteiger partial charge on any atom is 0.0621 e. The minimum absolute atomic E-state index is 0.308. The second-order valence-corrected chi connectivity index (χ2v) is 3.30. The topological polar surface area (TPSA) is 32.7 Å². The Hall–Kier alpha value is -0.560. The van der Waals surface area contributed by atoms with Gasteiger partial charge in [0, 0.05) is 19.5 Å². The zero-order valence-corrected chi connectivity index (χ0v) is 8.12. The van der Waals surface area contributed by atoms with Crippen LogP contribution < -0.4 is 0 Å². The van der Waals surface area contributed by atoms with Crippen LogP contribution in [0.4, 0.5) is 0 Å². The van der Waals surface area contributed by atoms with E-state index >= 15 is 0 Å². The fraction of sp³-hybridized carbons (Fsp3) is 0.800. The smallest absolute Gasteiger partial charge is 0.0621 e. The van der Waals surface area contributed by atoms with E-state index in [1.807, 2.05) is 0 Å². The third-order valence-corrected chi connectivity index (χ3v) is 1.93. The number of aliphatic hydroxyl groups is 1. The van der Waals surface area contributed by atoms with Crippen molar-refractivity contribution in [1.29, 1.82) is 0 Å². The van der Waals surface area contributed by atoms with Crippen LogP contribution in [0.15, 0.2) is 0 Å². The van der Waals surface area contributed by atoms with Gasteiger partial charge in [0.25, 0.3) is 0 Å². The number of hydrogen-bond acceptors (Lipinski definition) is 3. The molecule has 13 heavy (non-hydrogen) atoms. The lowest BCUT2D eigenvalue weighted by Crippen LogP contribution is -2.36. The van der Waals surface area contributed by atoms with Gasteiger partial charge in [-0.2, -0.15) is 0 Å². The zero-order chi connectivity index (χ0) is 9.52. The Morgan fingerprint density at radius 3 is 2.69 bits per heavy atom. The Morgan fingerprint density at radius 1 is 1.38 bits per heavy atom. The number of morpholine rings is 1. The van der Waals surface area contributed by atoms with E-state index in [4.69, 9.17) is 9.84 Å². The van der Waals surface area contributed by atoms with Crippen molar-refractivity contribution in [1.82, 2.24) is 4.90 Å². The van der Waals surface area contributed by atoms with E-state index in [9.17, 15) is 0 Å². The van der Waals surface area contributed by atoms with Crippen molar-refractivity contribution >= 4 is 0 Å². The largest absolute Gasteiger partial charge is 0.392 e. The fourth-order valence-electron chi connectivity index (χ4n) is 1.15. The molecule has 1 atom stereocenters. The lowest BCUT2D eigenvalue weighted by atomic mass is 10.3. The van der Waals surface area contributed by atoms with Gasteiger partial charge >= 0.3 is 0 Å². The Balaban J connectivity index is 2.11. The van der Waals surface area contributed by atoms with Gasteiger partial charge in [0.05, 0.1) is 25.9 Å². The predicted octanol–water partition coefficient (Wildman–Crippen LogP) is 0.0929. The van der Waals surface area contributed by atoms with Crippen molar-refractivity contribution in [3.05, 3.63) is 0 Å². The summed E-state index contributed by atoms with van der Waals surface area (Å²) in [6.07, 6.45) is 0.266. The third-order valence-electron chi connectivity index (χ3n) is 1.93. The Labute approximate surface area is 79.7 Å². The molecule has 1 aliphatic rings. The van der Waals surface area contributed by atoms with Gasteiger partial charge in [-0.3, -0.25) is 4.90 Å². The molecule has 1 saturated heterocycles. The average molecular weight is 183 g/mol. The van der Waals surface area contributed by atoms with Gasteiger partial charge in [-0.25, -0.2) is 0 Å². The molecule has 3 nitrogen and oxygen atoms in total. The molecule has 1 aliphatic heterocycles. The molecule has 0 unspecified atom stereocenters. The third kappa shape index (κ3) is 4.89. The molecule has 0 aliphatic carbocycles. The molecule has 0 amide bonds. The molecule has 1 heterocycles. The number of aliphatic hydroxyl groups excluding tert-OH is 1. The maximum atomic E-state index is 8.95. The zero-order valence-electron chi connectivity index (χ0n) is 8.12. The highest BCUT2D eigenvalue weighted by molar-refractivity contribution is 5.02. The normalized spacial score (nSPS) is 20.5. The van der Waals surface area contributed by atoms with Crippen LogP contribution in [0.5, 0.6) is 0 Å². The summed E-state index contributed by atoms with van der Waals surface area (Å²) in [6.45, 7) is 6.14. The summed E-state index contributed by atoms with van der Waals surface area (Å²) < 4.78 is 5.21. The van der Waals surface area contributed by atoms with Gasteiger partial charge < -0.3 is 9.84 Å². The molecule has 1 fully saturated rings. The molecule has 1 rings (SSSR count). The van der Waals surface area contributed by atoms with Crippen molar-refractivity contribution < 1.29 is 9.84 Å². The summed E-state index contributed by atoms with van der Waals surface area (Å²) in [5.41, 5.74) is 0. The van der Waals surface area contributed by atoms with Gasteiger partial charge in [-0.05, 0) is 6.92 Å². The van der Waals surface area contributed by atoms with Crippen molar-refractivity contribution in [3.63, 3.8) is 0 Å². The molecule has 0 radical (unpaired) electrons. The van der Waals surface area contributed by atoms with Crippen LogP contribution in [0.1, 0.15) is 13.3 Å². The first kappa shape index (κ1) is 10.5. The Bertz CT molecular complexity index is 187. The number of rotatable bonds is 2. The van der Waals surface area contributed by atoms with Crippen LogP contribution in [0.2, 0.25) is 0 Å². The predicted molar refractivity (Wildman–Crippen MR) is 51.3 cm³/mol. The van der Waals surface area contributed by atoms with E-state index < -0.39 is 0 Å². The van der Waals surface area contributed by atoms with Crippen LogP contribution in [0.3, 0.4) is 0 Å². The Morgan fingerprint density at radius 2 is 2.08 bits per heavy atom. The molecule has 0 bridgehead atoms. The van der Waals surface area contributed by atoms with Crippen LogP contribution in [0, 0.1) is 11.8 Å². The molecular formula is C10H17NO2. The lowest BCUT2D eigenvalue weighted by molar-refractivity contribution is 0.0443. The lowest BCUT2D eigenvalue weighted by Gasteiger charge is -2.24. The Kier molecular flexibility index (Phi) is 4.84. The monoisotopic (exact) mass is 183 g/mol. The van der Waals surface area contributed by atoms with E-state index in [-0.39, 0.29) is 6.10 Å². The standard InChI is InChI=1S/C10H17NO2/c1-10(12)4-2-3-5-11-6-8-13-9-7-11/h10,12H,4-9H2,1H3/t10-/m0/s1. The highest BCUT2D eigenvalue weighted by atomic mass is 16.5. The van der Waals surface area contributed by atoms with Crippen molar-refractivity contribution in [3.8, 4) is 11.8 Å². The molecule has 3 heteroatoms. The van der Waals surface area contributed by atoms with Gasteiger partial charge in [0.1, 0.15) is 0 Å². The molecule has 74 valence electrons. The van der Waals surface area contributed by atoms with Crippen LogP contribution in [-0.4, -0.2) is 49.0 Å². The number of hydrogen-bond donors (Lipinski definition) is 1. The van der Waals surface area contributed by atoms with Gasteiger partial charge in [-0.1, -0.05) is 11.8 Å².